The minimum Gasteiger partial charge on any atom is -0.339 e. The van der Waals surface area contributed by atoms with Crippen molar-refractivity contribution in [1.82, 2.24) is 14.7 Å². The van der Waals surface area contributed by atoms with Crippen LogP contribution in [0.25, 0.3) is 5.70 Å². The molecule has 7 heteroatoms. The van der Waals surface area contributed by atoms with Gasteiger partial charge in [0.05, 0.1) is 27.5 Å². The molecule has 2 aromatic carbocycles. The number of carbonyl (C=O) groups is 1. The molecule has 2 aliphatic rings. The van der Waals surface area contributed by atoms with E-state index in [0.717, 1.165) is 55.0 Å². The number of anilines is 1. The molecule has 158 valence electrons. The Bertz CT molecular complexity index is 1150. The number of amides is 1. The number of aromatic nitrogens is 2. The Labute approximate surface area is 191 Å². The molecule has 5 rings (SSSR count). The fourth-order valence-electron chi connectivity index (χ4n) is 4.39. The number of hydrogen-bond donors (Lipinski definition) is 1. The average Bonchev–Trinajstić information content (AvgIpc) is 3.29. The third kappa shape index (κ3) is 3.73. The Morgan fingerprint density at radius 1 is 0.968 bits per heavy atom. The first-order valence-corrected chi connectivity index (χ1v) is 11.2. The lowest BCUT2D eigenvalue weighted by molar-refractivity contribution is -0.128. The fraction of sp³-hybridized carbons (Fsp3) is 0.250. The molecule has 1 N–H and O–H groups in total. The van der Waals surface area contributed by atoms with Crippen molar-refractivity contribution in [3.63, 3.8) is 0 Å². The lowest BCUT2D eigenvalue weighted by Crippen LogP contribution is -2.40. The van der Waals surface area contributed by atoms with Crippen LogP contribution in [0.15, 0.2) is 66.4 Å². The summed E-state index contributed by atoms with van der Waals surface area (Å²) in [6.45, 7) is 1.54. The van der Waals surface area contributed by atoms with E-state index >= 15 is 0 Å². The van der Waals surface area contributed by atoms with Crippen molar-refractivity contribution in [2.45, 2.75) is 25.3 Å². The standard InChI is InChI=1S/C24H22Cl2N4O/c25-18-10-9-17(15-19(18)26)23-21(24(31)29-13-5-2-6-14-29)22(16-7-3-1-4-8-16)28-20-11-12-27-30(20)23/h1,3-4,7-12,15,23,28H,2,5-6,13-14H2. The van der Waals surface area contributed by atoms with Gasteiger partial charge in [-0.2, -0.15) is 5.10 Å². The van der Waals surface area contributed by atoms with Gasteiger partial charge in [0, 0.05) is 19.2 Å². The second-order valence-electron chi connectivity index (χ2n) is 7.87. The maximum atomic E-state index is 13.9. The first-order chi connectivity index (χ1) is 15.1. The summed E-state index contributed by atoms with van der Waals surface area (Å²) >= 11 is 12.6. The van der Waals surface area contributed by atoms with Crippen LogP contribution in [-0.4, -0.2) is 33.7 Å². The smallest absolute Gasteiger partial charge is 0.254 e. The molecular formula is C24H22Cl2N4O. The van der Waals surface area contributed by atoms with Crippen LogP contribution in [0.4, 0.5) is 5.82 Å². The summed E-state index contributed by atoms with van der Waals surface area (Å²) in [5.41, 5.74) is 3.30. The maximum absolute atomic E-state index is 13.9. The van der Waals surface area contributed by atoms with E-state index in [1.165, 1.54) is 0 Å². The Morgan fingerprint density at radius 2 is 1.74 bits per heavy atom. The van der Waals surface area contributed by atoms with E-state index in [0.29, 0.717) is 15.6 Å². The van der Waals surface area contributed by atoms with Crippen LogP contribution in [0.2, 0.25) is 10.0 Å². The highest BCUT2D eigenvalue weighted by atomic mass is 35.5. The van der Waals surface area contributed by atoms with Crippen LogP contribution in [0.1, 0.15) is 36.4 Å². The van der Waals surface area contributed by atoms with Gasteiger partial charge in [0.1, 0.15) is 11.9 Å². The number of nitrogens with zero attached hydrogens (tertiary/aromatic N) is 3. The Kier molecular flexibility index (Phi) is 5.47. The third-order valence-corrected chi connectivity index (χ3v) is 6.65. The lowest BCUT2D eigenvalue weighted by atomic mass is 9.91. The van der Waals surface area contributed by atoms with Gasteiger partial charge in [-0.15, -0.1) is 0 Å². The molecule has 0 aliphatic carbocycles. The highest BCUT2D eigenvalue weighted by Gasteiger charge is 2.37. The number of fused-ring (bicyclic) bond motifs is 1. The highest BCUT2D eigenvalue weighted by Crippen LogP contribution is 2.41. The SMILES string of the molecule is O=C(C1=C(c2ccccc2)Nc2ccnn2C1c1ccc(Cl)c(Cl)c1)N1CCCCC1. The summed E-state index contributed by atoms with van der Waals surface area (Å²) in [6, 6.07) is 17.0. The summed E-state index contributed by atoms with van der Waals surface area (Å²) in [7, 11) is 0. The number of carbonyl (C=O) groups excluding carboxylic acids is 1. The third-order valence-electron chi connectivity index (χ3n) is 5.91. The predicted octanol–water partition coefficient (Wildman–Crippen LogP) is 5.63. The van der Waals surface area contributed by atoms with Crippen LogP contribution in [0, 0.1) is 0 Å². The molecule has 1 saturated heterocycles. The van der Waals surface area contributed by atoms with Crippen LogP contribution in [0.5, 0.6) is 0 Å². The summed E-state index contributed by atoms with van der Waals surface area (Å²) < 4.78 is 1.85. The molecule has 1 amide bonds. The molecule has 1 unspecified atom stereocenters. The number of nitrogens with one attached hydrogen (secondary N) is 1. The number of likely N-dealkylation sites (tertiary alicyclic amines) is 1. The van der Waals surface area contributed by atoms with Crippen LogP contribution < -0.4 is 5.32 Å². The highest BCUT2D eigenvalue weighted by molar-refractivity contribution is 6.42. The molecule has 1 aromatic heterocycles. The second kappa shape index (κ2) is 8.40. The average molecular weight is 453 g/mol. The Balaban J connectivity index is 1.72. The van der Waals surface area contributed by atoms with Crippen molar-refractivity contribution in [2.24, 2.45) is 0 Å². The van der Waals surface area contributed by atoms with Gasteiger partial charge in [-0.1, -0.05) is 59.6 Å². The number of piperidine rings is 1. The monoisotopic (exact) mass is 452 g/mol. The predicted molar refractivity (Wildman–Crippen MR) is 124 cm³/mol. The van der Waals surface area contributed by atoms with Gasteiger partial charge in [0.25, 0.3) is 5.91 Å². The van der Waals surface area contributed by atoms with Gasteiger partial charge in [0.2, 0.25) is 0 Å². The zero-order valence-electron chi connectivity index (χ0n) is 16.9. The minimum absolute atomic E-state index is 0.0308. The molecular weight excluding hydrogens is 431 g/mol. The molecule has 1 fully saturated rings. The largest absolute Gasteiger partial charge is 0.339 e. The fourth-order valence-corrected chi connectivity index (χ4v) is 4.69. The van der Waals surface area contributed by atoms with E-state index in [9.17, 15) is 4.79 Å². The van der Waals surface area contributed by atoms with Crippen molar-refractivity contribution < 1.29 is 4.79 Å². The van der Waals surface area contributed by atoms with Crippen molar-refractivity contribution in [2.75, 3.05) is 18.4 Å². The van der Waals surface area contributed by atoms with Gasteiger partial charge in [0.15, 0.2) is 0 Å². The summed E-state index contributed by atoms with van der Waals surface area (Å²) in [6.07, 6.45) is 4.95. The van der Waals surface area contributed by atoms with Gasteiger partial charge in [-0.25, -0.2) is 4.68 Å². The molecule has 3 heterocycles. The zero-order valence-corrected chi connectivity index (χ0v) is 18.4. The van der Waals surface area contributed by atoms with E-state index in [1.807, 2.05) is 58.1 Å². The van der Waals surface area contributed by atoms with E-state index in [-0.39, 0.29) is 5.91 Å². The molecule has 0 saturated carbocycles. The van der Waals surface area contributed by atoms with E-state index in [1.54, 1.807) is 12.3 Å². The normalized spacial score (nSPS) is 18.5. The molecule has 3 aromatic rings. The quantitative estimate of drug-likeness (QED) is 0.560. The molecule has 31 heavy (non-hydrogen) atoms. The van der Waals surface area contributed by atoms with Crippen molar-refractivity contribution in [3.8, 4) is 0 Å². The van der Waals surface area contributed by atoms with Crippen LogP contribution >= 0.6 is 23.2 Å². The van der Waals surface area contributed by atoms with Crippen molar-refractivity contribution in [1.29, 1.82) is 0 Å². The molecule has 2 aliphatic heterocycles. The van der Waals surface area contributed by atoms with E-state index < -0.39 is 6.04 Å². The number of hydrogen-bond acceptors (Lipinski definition) is 3. The molecule has 0 radical (unpaired) electrons. The molecule has 0 spiro atoms. The summed E-state index contributed by atoms with van der Waals surface area (Å²) in [5, 5.41) is 8.95. The summed E-state index contributed by atoms with van der Waals surface area (Å²) in [4.78, 5) is 15.9. The van der Waals surface area contributed by atoms with Gasteiger partial charge in [-0.05, 0) is 42.5 Å². The van der Waals surface area contributed by atoms with Gasteiger partial charge in [-0.3, -0.25) is 4.79 Å². The molecule has 5 nitrogen and oxygen atoms in total. The van der Waals surface area contributed by atoms with Crippen LogP contribution in [0.3, 0.4) is 0 Å². The van der Waals surface area contributed by atoms with Crippen molar-refractivity contribution in [3.05, 3.63) is 87.5 Å². The maximum Gasteiger partial charge on any atom is 0.254 e. The van der Waals surface area contributed by atoms with Gasteiger partial charge >= 0.3 is 0 Å². The van der Waals surface area contributed by atoms with E-state index in [2.05, 4.69) is 10.4 Å². The first-order valence-electron chi connectivity index (χ1n) is 10.5. The molecule has 1 atom stereocenters. The number of halogens is 2. The Hall–Kier alpha value is -2.76. The second-order valence-corrected chi connectivity index (χ2v) is 8.68. The van der Waals surface area contributed by atoms with Crippen molar-refractivity contribution >= 4 is 40.6 Å². The van der Waals surface area contributed by atoms with Crippen LogP contribution in [-0.2, 0) is 4.79 Å². The zero-order chi connectivity index (χ0) is 21.4. The van der Waals surface area contributed by atoms with E-state index in [4.69, 9.17) is 23.2 Å². The first kappa shape index (κ1) is 20.2. The molecule has 0 bridgehead atoms. The summed E-state index contributed by atoms with van der Waals surface area (Å²) in [5.74, 6) is 0.855. The minimum atomic E-state index is -0.411. The lowest BCUT2D eigenvalue weighted by Gasteiger charge is -2.35. The number of rotatable bonds is 3. The Morgan fingerprint density at radius 3 is 2.48 bits per heavy atom. The number of benzene rings is 2. The van der Waals surface area contributed by atoms with Gasteiger partial charge < -0.3 is 10.2 Å². The topological polar surface area (TPSA) is 50.2 Å².